The van der Waals surface area contributed by atoms with Gasteiger partial charge in [0.05, 0.1) is 13.2 Å². The Morgan fingerprint density at radius 3 is 2.60 bits per heavy atom. The van der Waals surface area contributed by atoms with Crippen LogP contribution in [0.15, 0.2) is 30.6 Å². The molecule has 1 aliphatic heterocycles. The van der Waals surface area contributed by atoms with Crippen LogP contribution in [0, 0.1) is 5.92 Å². The summed E-state index contributed by atoms with van der Waals surface area (Å²) >= 11 is 0. The van der Waals surface area contributed by atoms with Crippen molar-refractivity contribution < 1.29 is 4.74 Å². The first-order valence-electron chi connectivity index (χ1n) is 9.07. The van der Waals surface area contributed by atoms with Gasteiger partial charge in [-0.25, -0.2) is 4.98 Å². The van der Waals surface area contributed by atoms with Crippen molar-refractivity contribution in [2.24, 2.45) is 13.0 Å². The number of hydrogen-bond donors (Lipinski definition) is 1. The number of benzene rings is 1. The zero-order valence-electron chi connectivity index (χ0n) is 15.6. The average Bonchev–Trinajstić information content (AvgIpc) is 3.05. The Morgan fingerprint density at radius 2 is 2.00 bits per heavy atom. The van der Waals surface area contributed by atoms with Gasteiger partial charge in [0.25, 0.3) is 0 Å². The highest BCUT2D eigenvalue weighted by molar-refractivity contribution is 5.51. The Kier molecular flexibility index (Phi) is 5.58. The molecular formula is C19H29N5O. The van der Waals surface area contributed by atoms with Crippen molar-refractivity contribution in [3.05, 3.63) is 36.4 Å². The molecule has 0 spiro atoms. The molecule has 1 unspecified atom stereocenters. The zero-order chi connectivity index (χ0) is 17.8. The van der Waals surface area contributed by atoms with E-state index in [-0.39, 0.29) is 6.04 Å². The number of aryl methyl sites for hydroxylation is 1. The minimum absolute atomic E-state index is 0.237. The average molecular weight is 343 g/mol. The van der Waals surface area contributed by atoms with Gasteiger partial charge < -0.3 is 15.0 Å². The molecular weight excluding hydrogens is 314 g/mol. The molecule has 2 heterocycles. The second-order valence-corrected chi connectivity index (χ2v) is 7.09. The fourth-order valence-electron chi connectivity index (χ4n) is 3.52. The summed E-state index contributed by atoms with van der Waals surface area (Å²) < 4.78 is 7.22. The minimum Gasteiger partial charge on any atom is -0.497 e. The number of piperidine rings is 1. The van der Waals surface area contributed by atoms with Crippen LogP contribution in [0.25, 0.3) is 0 Å². The Hall–Kier alpha value is -2.08. The van der Waals surface area contributed by atoms with Crippen LogP contribution in [0.5, 0.6) is 5.75 Å². The first-order chi connectivity index (χ1) is 12.1. The SMILES string of the molecule is COc1cccc(N2CCC(NC(c3ncnn3C)C(C)C)CC2)c1. The van der Waals surface area contributed by atoms with Gasteiger partial charge in [0.2, 0.25) is 0 Å². The Bertz CT molecular complexity index is 676. The van der Waals surface area contributed by atoms with Crippen LogP contribution in [0.1, 0.15) is 38.6 Å². The van der Waals surface area contributed by atoms with Crippen LogP contribution in [0.4, 0.5) is 5.69 Å². The van der Waals surface area contributed by atoms with E-state index in [4.69, 9.17) is 4.74 Å². The van der Waals surface area contributed by atoms with E-state index in [0.29, 0.717) is 12.0 Å². The van der Waals surface area contributed by atoms with Gasteiger partial charge in [0.1, 0.15) is 17.9 Å². The summed E-state index contributed by atoms with van der Waals surface area (Å²) in [5.41, 5.74) is 1.24. The monoisotopic (exact) mass is 343 g/mol. The Labute approximate surface area is 150 Å². The van der Waals surface area contributed by atoms with Gasteiger partial charge in [-0.2, -0.15) is 5.10 Å². The van der Waals surface area contributed by atoms with Gasteiger partial charge in [-0.05, 0) is 30.9 Å². The lowest BCUT2D eigenvalue weighted by atomic mass is 9.98. The third kappa shape index (κ3) is 4.12. The minimum atomic E-state index is 0.237. The summed E-state index contributed by atoms with van der Waals surface area (Å²) in [4.78, 5) is 6.89. The van der Waals surface area contributed by atoms with Gasteiger partial charge in [-0.3, -0.25) is 4.68 Å². The van der Waals surface area contributed by atoms with Gasteiger partial charge in [-0.1, -0.05) is 19.9 Å². The largest absolute Gasteiger partial charge is 0.497 e. The maximum absolute atomic E-state index is 5.34. The fraction of sp³-hybridized carbons (Fsp3) is 0.579. The van der Waals surface area contributed by atoms with E-state index in [0.717, 1.165) is 37.5 Å². The van der Waals surface area contributed by atoms with Crippen molar-refractivity contribution in [1.29, 1.82) is 0 Å². The number of hydrogen-bond acceptors (Lipinski definition) is 5. The molecule has 6 heteroatoms. The number of rotatable bonds is 6. The molecule has 1 fully saturated rings. The number of aromatic nitrogens is 3. The third-order valence-electron chi connectivity index (χ3n) is 5.02. The molecule has 1 atom stereocenters. The van der Waals surface area contributed by atoms with E-state index in [1.807, 2.05) is 17.8 Å². The van der Waals surface area contributed by atoms with E-state index >= 15 is 0 Å². The first kappa shape index (κ1) is 17.7. The van der Waals surface area contributed by atoms with Gasteiger partial charge in [0, 0.05) is 37.9 Å². The Morgan fingerprint density at radius 1 is 1.24 bits per heavy atom. The normalized spacial score (nSPS) is 17.1. The van der Waals surface area contributed by atoms with Crippen LogP contribution < -0.4 is 15.0 Å². The van der Waals surface area contributed by atoms with Crippen LogP contribution in [0.2, 0.25) is 0 Å². The number of ether oxygens (including phenoxy) is 1. The smallest absolute Gasteiger partial charge is 0.143 e. The highest BCUT2D eigenvalue weighted by atomic mass is 16.5. The maximum Gasteiger partial charge on any atom is 0.143 e. The first-order valence-corrected chi connectivity index (χ1v) is 9.07. The van der Waals surface area contributed by atoms with E-state index in [1.165, 1.54) is 5.69 Å². The van der Waals surface area contributed by atoms with E-state index in [9.17, 15) is 0 Å². The third-order valence-corrected chi connectivity index (χ3v) is 5.02. The molecule has 1 saturated heterocycles. The molecule has 1 aliphatic rings. The van der Waals surface area contributed by atoms with Crippen LogP contribution in [0.3, 0.4) is 0 Å². The van der Waals surface area contributed by atoms with Gasteiger partial charge >= 0.3 is 0 Å². The summed E-state index contributed by atoms with van der Waals surface area (Å²) in [6, 6.07) is 9.07. The number of nitrogens with zero attached hydrogens (tertiary/aromatic N) is 4. The molecule has 1 aromatic carbocycles. The van der Waals surface area contributed by atoms with Crippen LogP contribution in [-0.4, -0.2) is 41.0 Å². The highest BCUT2D eigenvalue weighted by Crippen LogP contribution is 2.26. The number of nitrogens with one attached hydrogen (secondary N) is 1. The van der Waals surface area contributed by atoms with E-state index in [1.54, 1.807) is 13.4 Å². The molecule has 0 aliphatic carbocycles. The topological polar surface area (TPSA) is 55.2 Å². The molecule has 0 amide bonds. The van der Waals surface area contributed by atoms with E-state index in [2.05, 4.69) is 52.3 Å². The summed E-state index contributed by atoms with van der Waals surface area (Å²) in [7, 11) is 3.68. The molecule has 0 bridgehead atoms. The standard InChI is InChI=1S/C19H29N5O/c1-14(2)18(19-20-13-21-23(19)3)22-15-8-10-24(11-9-15)16-6-5-7-17(12-16)25-4/h5-7,12-15,18,22H,8-11H2,1-4H3. The van der Waals surface area contributed by atoms with Gasteiger partial charge in [0.15, 0.2) is 0 Å². The lowest BCUT2D eigenvalue weighted by Crippen LogP contribution is -2.45. The number of methoxy groups -OCH3 is 1. The van der Waals surface area contributed by atoms with Crippen LogP contribution in [-0.2, 0) is 7.05 Å². The highest BCUT2D eigenvalue weighted by Gasteiger charge is 2.26. The van der Waals surface area contributed by atoms with Crippen molar-refractivity contribution >= 4 is 5.69 Å². The second-order valence-electron chi connectivity index (χ2n) is 7.09. The fourth-order valence-corrected chi connectivity index (χ4v) is 3.52. The summed E-state index contributed by atoms with van der Waals surface area (Å²) in [6.07, 6.45) is 3.88. The summed E-state index contributed by atoms with van der Waals surface area (Å²) in [6.45, 7) is 6.57. The molecule has 6 nitrogen and oxygen atoms in total. The van der Waals surface area contributed by atoms with Crippen molar-refractivity contribution in [2.45, 2.75) is 38.8 Å². The molecule has 136 valence electrons. The van der Waals surface area contributed by atoms with Crippen molar-refractivity contribution in [3.8, 4) is 5.75 Å². The molecule has 1 N–H and O–H groups in total. The lowest BCUT2D eigenvalue weighted by molar-refractivity contribution is 0.305. The maximum atomic E-state index is 5.34. The van der Waals surface area contributed by atoms with Crippen molar-refractivity contribution in [3.63, 3.8) is 0 Å². The van der Waals surface area contributed by atoms with Gasteiger partial charge in [-0.15, -0.1) is 0 Å². The van der Waals surface area contributed by atoms with Crippen LogP contribution >= 0.6 is 0 Å². The quantitative estimate of drug-likeness (QED) is 0.874. The summed E-state index contributed by atoms with van der Waals surface area (Å²) in [5, 5.41) is 8.05. The molecule has 2 aromatic rings. The predicted molar refractivity (Wildman–Crippen MR) is 99.9 cm³/mol. The second kappa shape index (κ2) is 7.87. The molecule has 25 heavy (non-hydrogen) atoms. The van der Waals surface area contributed by atoms with E-state index < -0.39 is 0 Å². The lowest BCUT2D eigenvalue weighted by Gasteiger charge is -2.36. The number of anilines is 1. The molecule has 1 aromatic heterocycles. The van der Waals surface area contributed by atoms with Crippen molar-refractivity contribution in [2.75, 3.05) is 25.1 Å². The summed E-state index contributed by atoms with van der Waals surface area (Å²) in [5.74, 6) is 2.41. The van der Waals surface area contributed by atoms with Crippen molar-refractivity contribution in [1.82, 2.24) is 20.1 Å². The molecule has 0 saturated carbocycles. The zero-order valence-corrected chi connectivity index (χ0v) is 15.6. The molecule has 3 rings (SSSR count). The Balaban J connectivity index is 1.60. The predicted octanol–water partition coefficient (Wildman–Crippen LogP) is 2.78. The molecule has 0 radical (unpaired) electrons.